The number of aryl methyl sites for hydroxylation is 3. The lowest BCUT2D eigenvalue weighted by atomic mass is 10.1. The van der Waals surface area contributed by atoms with Gasteiger partial charge in [-0.2, -0.15) is 5.10 Å². The van der Waals surface area contributed by atoms with Crippen LogP contribution < -0.4 is 0 Å². The maximum Gasteiger partial charge on any atom is 0.242 e. The first-order chi connectivity index (χ1) is 14.0. The zero-order valence-corrected chi connectivity index (χ0v) is 18.5. The first-order valence-electron chi connectivity index (χ1n) is 10.2. The first-order valence-corrected chi connectivity index (χ1v) is 11.1. The van der Waals surface area contributed by atoms with Crippen LogP contribution in [0, 0.1) is 20.8 Å². The summed E-state index contributed by atoms with van der Waals surface area (Å²) in [7, 11) is 0. The first kappa shape index (κ1) is 21.3. The largest absolute Gasteiger partial charge is 0.284 e. The van der Waals surface area contributed by atoms with E-state index in [2.05, 4.69) is 68.2 Å². The molecule has 1 heterocycles. The van der Waals surface area contributed by atoms with Crippen molar-refractivity contribution < 1.29 is 4.79 Å². The number of hydrogen-bond acceptors (Lipinski definition) is 4. The molecule has 2 aromatic rings. The van der Waals surface area contributed by atoms with Gasteiger partial charge in [0.05, 0.1) is 18.0 Å². The van der Waals surface area contributed by atoms with Crippen LogP contribution in [0.15, 0.2) is 52.7 Å². The zero-order chi connectivity index (χ0) is 20.8. The van der Waals surface area contributed by atoms with Gasteiger partial charge in [-0.25, -0.2) is 0 Å². The molecule has 1 fully saturated rings. The summed E-state index contributed by atoms with van der Waals surface area (Å²) in [5, 5.41) is 9.41. The second kappa shape index (κ2) is 9.88. The average Bonchev–Trinajstić information content (AvgIpc) is 2.99. The Kier molecular flexibility index (Phi) is 7.26. The van der Waals surface area contributed by atoms with E-state index in [1.54, 1.807) is 22.9 Å². The van der Waals surface area contributed by atoms with Crippen molar-refractivity contribution in [3.8, 4) is 0 Å². The summed E-state index contributed by atoms with van der Waals surface area (Å²) in [5.41, 5.74) is 5.76. The molecule has 0 unspecified atom stereocenters. The van der Waals surface area contributed by atoms with E-state index < -0.39 is 0 Å². The molecule has 1 saturated heterocycles. The molecule has 1 aliphatic rings. The van der Waals surface area contributed by atoms with E-state index in [1.165, 1.54) is 16.7 Å². The molecule has 0 aliphatic carbocycles. The Labute approximate surface area is 178 Å². The highest BCUT2D eigenvalue weighted by molar-refractivity contribution is 8.15. The average molecular weight is 408 g/mol. The summed E-state index contributed by atoms with van der Waals surface area (Å²) in [5.74, 6) is 0.146. The van der Waals surface area contributed by atoms with Gasteiger partial charge in [-0.3, -0.25) is 9.69 Å². The third-order valence-electron chi connectivity index (χ3n) is 5.20. The minimum atomic E-state index is -0.0611. The Morgan fingerprint density at radius 1 is 1.10 bits per heavy atom. The number of amidine groups is 1. The molecular formula is C24H29N3OS. The van der Waals surface area contributed by atoms with Gasteiger partial charge >= 0.3 is 0 Å². The van der Waals surface area contributed by atoms with E-state index in [0.717, 1.165) is 30.4 Å². The number of hydrogen-bond donors (Lipinski definition) is 0. The van der Waals surface area contributed by atoms with Gasteiger partial charge in [0.1, 0.15) is 0 Å². The molecule has 152 valence electrons. The summed E-state index contributed by atoms with van der Waals surface area (Å²) < 4.78 is 0. The number of carbonyl (C=O) groups is 1. The summed E-state index contributed by atoms with van der Waals surface area (Å²) in [6.45, 7) is 8.92. The summed E-state index contributed by atoms with van der Waals surface area (Å²) in [6.07, 6.45) is 4.78. The Morgan fingerprint density at radius 3 is 2.62 bits per heavy atom. The van der Waals surface area contributed by atoms with Crippen LogP contribution >= 0.6 is 11.8 Å². The minimum absolute atomic E-state index is 0.0611. The van der Waals surface area contributed by atoms with Gasteiger partial charge in [-0.05, 0) is 49.4 Å². The molecule has 1 aliphatic heterocycles. The van der Waals surface area contributed by atoms with Crippen molar-refractivity contribution in [2.24, 2.45) is 10.2 Å². The third kappa shape index (κ3) is 5.36. The zero-order valence-electron chi connectivity index (χ0n) is 17.7. The van der Waals surface area contributed by atoms with Crippen molar-refractivity contribution in [1.82, 2.24) is 4.90 Å². The smallest absolute Gasteiger partial charge is 0.242 e. The van der Waals surface area contributed by atoms with Crippen molar-refractivity contribution in [3.05, 3.63) is 70.3 Å². The van der Waals surface area contributed by atoms with Gasteiger partial charge in [0.25, 0.3) is 0 Å². The van der Waals surface area contributed by atoms with E-state index in [9.17, 15) is 4.79 Å². The Bertz CT molecular complexity index is 935. The second-order valence-corrected chi connectivity index (χ2v) is 8.76. The van der Waals surface area contributed by atoms with Crippen molar-refractivity contribution in [2.75, 3.05) is 0 Å². The normalized spacial score (nSPS) is 18.3. The van der Waals surface area contributed by atoms with Crippen molar-refractivity contribution in [2.45, 2.75) is 58.8 Å². The number of unbranched alkanes of at least 4 members (excludes halogenated alkanes) is 1. The Hall–Kier alpha value is -2.40. The van der Waals surface area contributed by atoms with Gasteiger partial charge in [-0.15, -0.1) is 5.10 Å². The van der Waals surface area contributed by atoms with Crippen LogP contribution in [0.25, 0.3) is 0 Å². The monoisotopic (exact) mass is 407 g/mol. The lowest BCUT2D eigenvalue weighted by Gasteiger charge is -2.17. The van der Waals surface area contributed by atoms with E-state index in [-0.39, 0.29) is 11.2 Å². The highest BCUT2D eigenvalue weighted by Crippen LogP contribution is 2.32. The molecule has 0 saturated carbocycles. The lowest BCUT2D eigenvalue weighted by molar-refractivity contribution is -0.126. The SMILES string of the molecule is CCCC[C@H]1S/C(=N/N=C\c2ccc(C)cc2C)N(Cc2ccccc2C)C1=O. The van der Waals surface area contributed by atoms with Gasteiger partial charge in [-0.1, -0.05) is 79.6 Å². The minimum Gasteiger partial charge on any atom is -0.284 e. The molecule has 0 bridgehead atoms. The fourth-order valence-electron chi connectivity index (χ4n) is 3.37. The number of rotatable bonds is 7. The molecule has 1 atom stereocenters. The van der Waals surface area contributed by atoms with Crippen LogP contribution in [0.4, 0.5) is 0 Å². The third-order valence-corrected chi connectivity index (χ3v) is 6.43. The topological polar surface area (TPSA) is 45.0 Å². The standard InChI is InChI=1S/C24H29N3OS/c1-5-6-11-22-23(28)27(16-21-10-8-7-9-18(21)3)24(29-22)26-25-15-20-13-12-17(2)14-19(20)4/h7-10,12-15,22H,5-6,11,16H2,1-4H3/b25-15-,26-24+/t22-/m1/s1. The predicted molar refractivity (Wildman–Crippen MR) is 124 cm³/mol. The molecule has 5 heteroatoms. The Balaban J connectivity index is 1.84. The number of benzene rings is 2. The fraction of sp³-hybridized carbons (Fsp3) is 0.375. The number of thioether (sulfide) groups is 1. The Morgan fingerprint density at radius 2 is 1.90 bits per heavy atom. The molecular weight excluding hydrogens is 378 g/mol. The lowest BCUT2D eigenvalue weighted by Crippen LogP contribution is -2.31. The van der Waals surface area contributed by atoms with Crippen LogP contribution in [0.5, 0.6) is 0 Å². The fourth-order valence-corrected chi connectivity index (χ4v) is 4.52. The quantitative estimate of drug-likeness (QED) is 0.441. The van der Waals surface area contributed by atoms with Crippen molar-refractivity contribution >= 4 is 29.1 Å². The van der Waals surface area contributed by atoms with Crippen LogP contribution in [0.3, 0.4) is 0 Å². The highest BCUT2D eigenvalue weighted by Gasteiger charge is 2.37. The van der Waals surface area contributed by atoms with E-state index in [4.69, 9.17) is 0 Å². The number of carbonyl (C=O) groups excluding carboxylic acids is 1. The van der Waals surface area contributed by atoms with Crippen LogP contribution in [0.2, 0.25) is 0 Å². The summed E-state index contributed by atoms with van der Waals surface area (Å²) in [4.78, 5) is 14.8. The number of nitrogens with zero attached hydrogens (tertiary/aromatic N) is 3. The maximum absolute atomic E-state index is 13.0. The van der Waals surface area contributed by atoms with Crippen LogP contribution in [0.1, 0.15) is 54.0 Å². The van der Waals surface area contributed by atoms with Crippen molar-refractivity contribution in [1.29, 1.82) is 0 Å². The van der Waals surface area contributed by atoms with Crippen molar-refractivity contribution in [3.63, 3.8) is 0 Å². The molecule has 0 N–H and O–H groups in total. The molecule has 0 radical (unpaired) electrons. The number of amides is 1. The van der Waals surface area contributed by atoms with E-state index in [0.29, 0.717) is 11.7 Å². The molecule has 3 rings (SSSR count). The maximum atomic E-state index is 13.0. The molecule has 1 amide bonds. The molecule has 29 heavy (non-hydrogen) atoms. The van der Waals surface area contributed by atoms with Gasteiger partial charge in [0.2, 0.25) is 5.91 Å². The van der Waals surface area contributed by atoms with Gasteiger partial charge < -0.3 is 0 Å². The van der Waals surface area contributed by atoms with E-state index >= 15 is 0 Å². The second-order valence-electron chi connectivity index (χ2n) is 7.59. The summed E-state index contributed by atoms with van der Waals surface area (Å²) >= 11 is 1.55. The van der Waals surface area contributed by atoms with Crippen LogP contribution in [-0.2, 0) is 11.3 Å². The van der Waals surface area contributed by atoms with E-state index in [1.807, 2.05) is 12.1 Å². The predicted octanol–water partition coefficient (Wildman–Crippen LogP) is 5.64. The molecule has 4 nitrogen and oxygen atoms in total. The molecule has 0 spiro atoms. The molecule has 0 aromatic heterocycles. The van der Waals surface area contributed by atoms with Gasteiger partial charge in [0, 0.05) is 0 Å². The highest BCUT2D eigenvalue weighted by atomic mass is 32.2. The molecule has 2 aromatic carbocycles. The summed E-state index contributed by atoms with van der Waals surface area (Å²) in [6, 6.07) is 14.4. The van der Waals surface area contributed by atoms with Crippen LogP contribution in [-0.4, -0.2) is 27.4 Å². The van der Waals surface area contributed by atoms with Gasteiger partial charge in [0.15, 0.2) is 5.17 Å².